The lowest BCUT2D eigenvalue weighted by atomic mass is 9.98. The van der Waals surface area contributed by atoms with Crippen LogP contribution in [0, 0.1) is 0 Å². The Morgan fingerprint density at radius 2 is 1.14 bits per heavy atom. The number of urea groups is 1. The highest BCUT2D eigenvalue weighted by atomic mass is 16.2. The standard InChI is InChI=1S/C24H28N4O/c1-27(2)21-14-10-18(11-15-21)23(19-12-16-22(17-13-19)28(3)4)26-24(29)25-20-8-6-5-7-9-20/h5-17,23H,1-4H3,(H2,25,26,29). The molecule has 5 nitrogen and oxygen atoms in total. The molecule has 5 heteroatoms. The van der Waals surface area contributed by atoms with Gasteiger partial charge in [0.1, 0.15) is 0 Å². The normalized spacial score (nSPS) is 10.5. The van der Waals surface area contributed by atoms with Crippen molar-refractivity contribution < 1.29 is 4.79 Å². The van der Waals surface area contributed by atoms with Gasteiger partial charge in [-0.15, -0.1) is 0 Å². The third-order valence-corrected chi connectivity index (χ3v) is 4.79. The first kappa shape index (κ1) is 20.3. The SMILES string of the molecule is CN(C)c1ccc(C(NC(=O)Nc2ccccc2)c2ccc(N(C)C)cc2)cc1. The van der Waals surface area contributed by atoms with Crippen LogP contribution >= 0.6 is 0 Å². The molecule has 0 saturated carbocycles. The number of hydrogen-bond donors (Lipinski definition) is 2. The van der Waals surface area contributed by atoms with E-state index in [9.17, 15) is 4.79 Å². The van der Waals surface area contributed by atoms with Crippen LogP contribution in [0.15, 0.2) is 78.9 Å². The second kappa shape index (κ2) is 9.15. The number of amides is 2. The monoisotopic (exact) mass is 388 g/mol. The second-order valence-corrected chi connectivity index (χ2v) is 7.37. The molecular weight excluding hydrogens is 360 g/mol. The Bertz CT molecular complexity index is 868. The lowest BCUT2D eigenvalue weighted by Gasteiger charge is -2.22. The van der Waals surface area contributed by atoms with Crippen LogP contribution in [-0.2, 0) is 0 Å². The molecule has 2 N–H and O–H groups in total. The van der Waals surface area contributed by atoms with Crippen LogP contribution in [0.4, 0.5) is 21.9 Å². The lowest BCUT2D eigenvalue weighted by Crippen LogP contribution is -2.33. The molecule has 0 aliphatic heterocycles. The summed E-state index contributed by atoms with van der Waals surface area (Å²) in [5.41, 5.74) is 5.04. The first-order chi connectivity index (χ1) is 13.9. The largest absolute Gasteiger partial charge is 0.378 e. The van der Waals surface area contributed by atoms with E-state index in [1.165, 1.54) is 0 Å². The van der Waals surface area contributed by atoms with Crippen LogP contribution in [0.1, 0.15) is 17.2 Å². The van der Waals surface area contributed by atoms with Gasteiger partial charge < -0.3 is 20.4 Å². The van der Waals surface area contributed by atoms with Crippen molar-refractivity contribution in [2.24, 2.45) is 0 Å². The quantitative estimate of drug-likeness (QED) is 0.642. The minimum atomic E-state index is -0.258. The molecule has 150 valence electrons. The molecule has 0 unspecified atom stereocenters. The van der Waals surface area contributed by atoms with Crippen molar-refractivity contribution in [3.63, 3.8) is 0 Å². The highest BCUT2D eigenvalue weighted by Gasteiger charge is 2.17. The Balaban J connectivity index is 1.87. The molecule has 0 aliphatic carbocycles. The van der Waals surface area contributed by atoms with E-state index in [1.807, 2.05) is 58.5 Å². The van der Waals surface area contributed by atoms with E-state index in [2.05, 4.69) is 69.0 Å². The van der Waals surface area contributed by atoms with Crippen molar-refractivity contribution in [2.45, 2.75) is 6.04 Å². The molecule has 0 saturated heterocycles. The molecule has 0 radical (unpaired) electrons. The summed E-state index contributed by atoms with van der Waals surface area (Å²) in [4.78, 5) is 16.8. The van der Waals surface area contributed by atoms with Gasteiger partial charge in [-0.25, -0.2) is 4.79 Å². The Kier molecular flexibility index (Phi) is 6.39. The van der Waals surface area contributed by atoms with Crippen LogP contribution in [0.2, 0.25) is 0 Å². The summed E-state index contributed by atoms with van der Waals surface area (Å²) >= 11 is 0. The smallest absolute Gasteiger partial charge is 0.319 e. The molecule has 0 heterocycles. The van der Waals surface area contributed by atoms with Crippen molar-refractivity contribution in [1.82, 2.24) is 5.32 Å². The number of carbonyl (C=O) groups is 1. The van der Waals surface area contributed by atoms with Gasteiger partial charge >= 0.3 is 6.03 Å². The Morgan fingerprint density at radius 1 is 0.690 bits per heavy atom. The average Bonchev–Trinajstić information content (AvgIpc) is 2.73. The number of hydrogen-bond acceptors (Lipinski definition) is 3. The van der Waals surface area contributed by atoms with Crippen LogP contribution in [0.3, 0.4) is 0 Å². The zero-order valence-electron chi connectivity index (χ0n) is 17.4. The Morgan fingerprint density at radius 3 is 1.55 bits per heavy atom. The minimum absolute atomic E-state index is 0.241. The van der Waals surface area contributed by atoms with E-state index in [0.29, 0.717) is 0 Å². The lowest BCUT2D eigenvalue weighted by molar-refractivity contribution is 0.250. The molecule has 29 heavy (non-hydrogen) atoms. The fraction of sp³-hybridized carbons (Fsp3) is 0.208. The molecule has 3 aromatic carbocycles. The highest BCUT2D eigenvalue weighted by Crippen LogP contribution is 2.26. The predicted molar refractivity (Wildman–Crippen MR) is 122 cm³/mol. The van der Waals surface area contributed by atoms with E-state index < -0.39 is 0 Å². The van der Waals surface area contributed by atoms with Crippen molar-refractivity contribution >= 4 is 23.1 Å². The van der Waals surface area contributed by atoms with Crippen LogP contribution in [0.5, 0.6) is 0 Å². The van der Waals surface area contributed by atoms with Crippen LogP contribution < -0.4 is 20.4 Å². The molecule has 2 amide bonds. The molecule has 0 spiro atoms. The topological polar surface area (TPSA) is 47.6 Å². The summed E-state index contributed by atoms with van der Waals surface area (Å²) in [7, 11) is 8.05. The summed E-state index contributed by atoms with van der Waals surface area (Å²) in [5, 5.41) is 6.02. The summed E-state index contributed by atoms with van der Waals surface area (Å²) in [6, 6.07) is 25.4. The molecule has 3 rings (SSSR count). The van der Waals surface area contributed by atoms with E-state index in [-0.39, 0.29) is 12.1 Å². The highest BCUT2D eigenvalue weighted by molar-refractivity contribution is 5.89. The zero-order chi connectivity index (χ0) is 20.8. The fourth-order valence-corrected chi connectivity index (χ4v) is 3.11. The average molecular weight is 389 g/mol. The van der Waals surface area contributed by atoms with E-state index in [1.54, 1.807) is 0 Å². The Labute approximate surface area is 173 Å². The maximum Gasteiger partial charge on any atom is 0.319 e. The fourth-order valence-electron chi connectivity index (χ4n) is 3.11. The van der Waals surface area contributed by atoms with E-state index >= 15 is 0 Å². The number of nitrogens with zero attached hydrogens (tertiary/aromatic N) is 2. The van der Waals surface area contributed by atoms with Gasteiger partial charge in [0.05, 0.1) is 6.04 Å². The number of rotatable bonds is 6. The third-order valence-electron chi connectivity index (χ3n) is 4.79. The van der Waals surface area contributed by atoms with Gasteiger partial charge in [0, 0.05) is 45.3 Å². The van der Waals surface area contributed by atoms with Crippen molar-refractivity contribution in [2.75, 3.05) is 43.3 Å². The molecule has 3 aromatic rings. The predicted octanol–water partition coefficient (Wildman–Crippen LogP) is 4.73. The summed E-state index contributed by atoms with van der Waals surface area (Å²) in [5.74, 6) is 0. The third kappa shape index (κ3) is 5.29. The number of para-hydroxylation sites is 1. The van der Waals surface area contributed by atoms with E-state index in [0.717, 1.165) is 28.2 Å². The molecule has 0 aliphatic rings. The van der Waals surface area contributed by atoms with Gasteiger partial charge in [0.25, 0.3) is 0 Å². The van der Waals surface area contributed by atoms with Crippen molar-refractivity contribution in [3.8, 4) is 0 Å². The maximum absolute atomic E-state index is 12.7. The van der Waals surface area contributed by atoms with Gasteiger partial charge in [-0.05, 0) is 47.5 Å². The van der Waals surface area contributed by atoms with Crippen LogP contribution in [-0.4, -0.2) is 34.2 Å². The van der Waals surface area contributed by atoms with Gasteiger partial charge in [-0.2, -0.15) is 0 Å². The van der Waals surface area contributed by atoms with Crippen molar-refractivity contribution in [1.29, 1.82) is 0 Å². The summed E-state index contributed by atoms with van der Waals surface area (Å²) in [6.07, 6.45) is 0. The molecular formula is C24H28N4O. The van der Waals surface area contributed by atoms with Gasteiger partial charge in [-0.3, -0.25) is 0 Å². The molecule has 0 bridgehead atoms. The maximum atomic E-state index is 12.7. The van der Waals surface area contributed by atoms with Crippen LogP contribution in [0.25, 0.3) is 0 Å². The molecule has 0 aromatic heterocycles. The second-order valence-electron chi connectivity index (χ2n) is 7.37. The molecule has 0 fully saturated rings. The first-order valence-corrected chi connectivity index (χ1v) is 9.61. The van der Waals surface area contributed by atoms with Crippen molar-refractivity contribution in [3.05, 3.63) is 90.0 Å². The Hall–Kier alpha value is -3.47. The summed E-state index contributed by atoms with van der Waals surface area (Å²) in [6.45, 7) is 0. The van der Waals surface area contributed by atoms with Gasteiger partial charge in [-0.1, -0.05) is 42.5 Å². The van der Waals surface area contributed by atoms with Gasteiger partial charge in [0.2, 0.25) is 0 Å². The number of benzene rings is 3. The number of anilines is 3. The summed E-state index contributed by atoms with van der Waals surface area (Å²) < 4.78 is 0. The molecule has 0 atom stereocenters. The zero-order valence-corrected chi connectivity index (χ0v) is 17.4. The number of nitrogens with one attached hydrogen (secondary N) is 2. The first-order valence-electron chi connectivity index (χ1n) is 9.61. The van der Waals surface area contributed by atoms with E-state index in [4.69, 9.17) is 0 Å². The minimum Gasteiger partial charge on any atom is -0.378 e. The van der Waals surface area contributed by atoms with Gasteiger partial charge in [0.15, 0.2) is 0 Å². The number of carbonyl (C=O) groups excluding carboxylic acids is 1.